The van der Waals surface area contributed by atoms with Crippen LogP contribution in [0.1, 0.15) is 42.3 Å². The second kappa shape index (κ2) is 17.2. The second-order valence-electron chi connectivity index (χ2n) is 9.90. The van der Waals surface area contributed by atoms with Crippen molar-refractivity contribution < 1.29 is 50.9 Å². The molecule has 3 N–H and O–H groups in total. The maximum atomic E-state index is 12.6. The number of hydrogen-bond donors (Lipinski definition) is 3. The van der Waals surface area contributed by atoms with Gasteiger partial charge in [-0.15, -0.1) is 5.10 Å². The third kappa shape index (κ3) is 13.8. The maximum Gasteiger partial charge on any atom is 0.490 e. The van der Waals surface area contributed by atoms with Gasteiger partial charge in [-0.3, -0.25) is 9.59 Å². The fourth-order valence-corrected chi connectivity index (χ4v) is 3.38. The zero-order chi connectivity index (χ0) is 34.4. The molecule has 4 aromatic rings. The van der Waals surface area contributed by atoms with Crippen LogP contribution in [-0.2, 0) is 21.5 Å². The maximum absolute atomic E-state index is 12.6. The van der Waals surface area contributed by atoms with E-state index in [0.29, 0.717) is 17.0 Å². The molecule has 45 heavy (non-hydrogen) atoms. The summed E-state index contributed by atoms with van der Waals surface area (Å²) in [4.78, 5) is 36.4. The molecule has 0 saturated carbocycles. The number of nitrogens with one attached hydrogen (secondary N) is 1. The van der Waals surface area contributed by atoms with Crippen LogP contribution in [-0.4, -0.2) is 63.1 Å². The molecule has 10 nitrogen and oxygen atoms in total. The molecule has 16 heteroatoms. The smallest absolute Gasteiger partial charge is 0.483 e. The molecule has 0 fully saturated rings. The zero-order valence-electron chi connectivity index (χ0n) is 24.5. The van der Waals surface area contributed by atoms with Crippen molar-refractivity contribution in [1.82, 2.24) is 14.6 Å². The number of halogens is 6. The van der Waals surface area contributed by atoms with Crippen LogP contribution in [0.4, 0.5) is 38.0 Å². The molecule has 0 aliphatic carbocycles. The van der Waals surface area contributed by atoms with E-state index in [4.69, 9.17) is 19.8 Å². The van der Waals surface area contributed by atoms with Crippen molar-refractivity contribution in [3.63, 3.8) is 0 Å². The summed E-state index contributed by atoms with van der Waals surface area (Å²) in [6.45, 7) is 3.29. The van der Waals surface area contributed by atoms with Gasteiger partial charge in [0.25, 0.3) is 12.4 Å². The highest BCUT2D eigenvalue weighted by atomic mass is 19.4. The molecule has 0 aliphatic heterocycles. The quantitative estimate of drug-likeness (QED) is 0.167. The SMILES string of the molecule is CN(Cc1ccccc1)c1ccc2nc(NC(=O)c3ccc(C(C)(C)C)cc3)cn2n1.FC(F)F.O=C(O)C(F)(F)F.O=CO. The molecular formula is C29H31F6N5O5. The Bertz CT molecular complexity index is 1510. The summed E-state index contributed by atoms with van der Waals surface area (Å²) in [5.74, 6) is -1.65. The van der Waals surface area contributed by atoms with Gasteiger partial charge in [-0.1, -0.05) is 63.2 Å². The Labute approximate surface area is 253 Å². The predicted octanol–water partition coefficient (Wildman–Crippen LogP) is 6.43. The Morgan fingerprint density at radius 2 is 1.49 bits per heavy atom. The molecule has 0 atom stereocenters. The molecule has 0 saturated heterocycles. The van der Waals surface area contributed by atoms with Crippen LogP contribution < -0.4 is 10.2 Å². The topological polar surface area (TPSA) is 137 Å². The summed E-state index contributed by atoms with van der Waals surface area (Å²) in [6, 6.07) is 21.8. The number of hydrogen-bond acceptors (Lipinski definition) is 6. The van der Waals surface area contributed by atoms with Crippen molar-refractivity contribution in [3.8, 4) is 0 Å². The summed E-state index contributed by atoms with van der Waals surface area (Å²) in [5, 5.41) is 21.5. The molecule has 0 radical (unpaired) electrons. The largest absolute Gasteiger partial charge is 0.490 e. The minimum absolute atomic E-state index is 0.0493. The lowest BCUT2D eigenvalue weighted by atomic mass is 9.87. The number of carboxylic acid groups (broad SMARTS) is 2. The average molecular weight is 644 g/mol. The zero-order valence-corrected chi connectivity index (χ0v) is 24.5. The minimum atomic E-state index is -5.08. The summed E-state index contributed by atoms with van der Waals surface area (Å²) in [7, 11) is 2.00. The first kappa shape index (κ1) is 37.9. The number of carbonyl (C=O) groups excluding carboxylic acids is 1. The van der Waals surface area contributed by atoms with Gasteiger partial charge in [-0.05, 0) is 40.8 Å². The predicted molar refractivity (Wildman–Crippen MR) is 154 cm³/mol. The van der Waals surface area contributed by atoms with Gasteiger partial charge in [-0.2, -0.15) is 26.3 Å². The van der Waals surface area contributed by atoms with Crippen molar-refractivity contribution in [2.45, 2.75) is 45.6 Å². The fourth-order valence-electron chi connectivity index (χ4n) is 3.38. The molecule has 0 unspecified atom stereocenters. The first-order valence-corrected chi connectivity index (χ1v) is 12.7. The van der Waals surface area contributed by atoms with Crippen molar-refractivity contribution in [2.75, 3.05) is 17.3 Å². The number of carbonyl (C=O) groups is 3. The first-order chi connectivity index (χ1) is 20.9. The molecule has 0 bridgehead atoms. The third-order valence-electron chi connectivity index (χ3n) is 5.46. The monoisotopic (exact) mass is 643 g/mol. The van der Waals surface area contributed by atoms with Crippen LogP contribution in [0.5, 0.6) is 0 Å². The van der Waals surface area contributed by atoms with E-state index in [1.807, 2.05) is 61.6 Å². The lowest BCUT2D eigenvalue weighted by molar-refractivity contribution is -0.192. The number of anilines is 2. The van der Waals surface area contributed by atoms with E-state index < -0.39 is 18.8 Å². The van der Waals surface area contributed by atoms with Gasteiger partial charge in [0.2, 0.25) is 0 Å². The molecule has 244 valence electrons. The van der Waals surface area contributed by atoms with Crippen molar-refractivity contribution in [1.29, 1.82) is 0 Å². The van der Waals surface area contributed by atoms with Gasteiger partial charge in [0.05, 0.1) is 6.20 Å². The Morgan fingerprint density at radius 3 is 1.96 bits per heavy atom. The molecular weight excluding hydrogens is 612 g/mol. The number of rotatable bonds is 5. The van der Waals surface area contributed by atoms with E-state index in [-0.39, 0.29) is 17.8 Å². The standard InChI is InChI=1S/C25H27N5O.C2HF3O2.CHF3.CH2O2/c1-25(2,3)20-12-10-19(11-13-20)24(31)27-21-17-30-22(26-21)14-15-23(28-30)29(4)16-18-8-6-5-7-9-18;3-2(4,5)1(6)7;2-1(3)4;2-1-3/h5-15,17H,16H2,1-4H3,(H,27,31);(H,6,7);1H;1H,(H,2,3). The van der Waals surface area contributed by atoms with E-state index in [9.17, 15) is 31.1 Å². The van der Waals surface area contributed by atoms with E-state index in [1.54, 1.807) is 10.7 Å². The molecule has 2 aromatic carbocycles. The number of amides is 1. The molecule has 2 aromatic heterocycles. The fraction of sp³-hybridized carbons (Fsp3) is 0.276. The molecule has 0 aliphatic rings. The van der Waals surface area contributed by atoms with Gasteiger partial charge in [-0.25, -0.2) is 14.3 Å². The highest BCUT2D eigenvalue weighted by Crippen LogP contribution is 2.23. The number of carboxylic acids is 1. The van der Waals surface area contributed by atoms with Crippen LogP contribution in [0, 0.1) is 0 Å². The van der Waals surface area contributed by atoms with Crippen molar-refractivity contribution in [3.05, 3.63) is 89.6 Å². The highest BCUT2D eigenvalue weighted by molar-refractivity contribution is 6.03. The van der Waals surface area contributed by atoms with E-state index in [0.717, 1.165) is 12.4 Å². The van der Waals surface area contributed by atoms with Crippen LogP contribution in [0.3, 0.4) is 0 Å². The van der Waals surface area contributed by atoms with Crippen molar-refractivity contribution in [2.24, 2.45) is 0 Å². The van der Waals surface area contributed by atoms with Gasteiger partial charge in [0.1, 0.15) is 5.82 Å². The van der Waals surface area contributed by atoms with Crippen LogP contribution >= 0.6 is 0 Å². The number of imidazole rings is 1. The number of benzene rings is 2. The Kier molecular flexibility index (Phi) is 14.5. The normalized spacial score (nSPS) is 10.7. The van der Waals surface area contributed by atoms with E-state index in [1.165, 1.54) is 11.1 Å². The minimum Gasteiger partial charge on any atom is -0.483 e. The average Bonchev–Trinajstić information content (AvgIpc) is 3.34. The van der Waals surface area contributed by atoms with E-state index in [2.05, 4.69) is 53.2 Å². The molecule has 0 spiro atoms. The summed E-state index contributed by atoms with van der Waals surface area (Å²) >= 11 is 0. The molecule has 2 heterocycles. The number of alkyl halides is 6. The van der Waals surface area contributed by atoms with Gasteiger partial charge >= 0.3 is 18.8 Å². The number of aliphatic carboxylic acids is 1. The summed E-state index contributed by atoms with van der Waals surface area (Å²) in [6.07, 6.45) is -3.35. The number of aromatic nitrogens is 3. The van der Waals surface area contributed by atoms with E-state index >= 15 is 0 Å². The Balaban J connectivity index is 0.000000609. The Morgan fingerprint density at radius 1 is 0.978 bits per heavy atom. The number of fused-ring (bicyclic) bond motifs is 1. The molecule has 1 amide bonds. The van der Waals surface area contributed by atoms with Gasteiger partial charge in [0.15, 0.2) is 11.5 Å². The third-order valence-corrected chi connectivity index (χ3v) is 5.46. The first-order valence-electron chi connectivity index (χ1n) is 12.7. The Hall–Kier alpha value is -5.15. The van der Waals surface area contributed by atoms with Gasteiger partial charge in [0, 0.05) is 19.2 Å². The number of nitrogens with zero attached hydrogens (tertiary/aromatic N) is 4. The van der Waals surface area contributed by atoms with Crippen LogP contribution in [0.25, 0.3) is 5.65 Å². The van der Waals surface area contributed by atoms with Crippen LogP contribution in [0.2, 0.25) is 0 Å². The lowest BCUT2D eigenvalue weighted by Gasteiger charge is -2.18. The summed E-state index contributed by atoms with van der Waals surface area (Å²) in [5.41, 5.74) is 3.72. The second-order valence-corrected chi connectivity index (χ2v) is 9.90. The van der Waals surface area contributed by atoms with Crippen molar-refractivity contribution >= 4 is 35.6 Å². The lowest BCUT2D eigenvalue weighted by Crippen LogP contribution is -2.21. The van der Waals surface area contributed by atoms with Crippen LogP contribution in [0.15, 0.2) is 72.9 Å². The van der Waals surface area contributed by atoms with Gasteiger partial charge < -0.3 is 20.4 Å². The highest BCUT2D eigenvalue weighted by Gasteiger charge is 2.38. The molecule has 4 rings (SSSR count). The summed E-state index contributed by atoms with van der Waals surface area (Å²) < 4.78 is 62.4.